The molecule has 0 radical (unpaired) electrons. The van der Waals surface area contributed by atoms with E-state index in [2.05, 4.69) is 17.0 Å². The summed E-state index contributed by atoms with van der Waals surface area (Å²) in [5.41, 5.74) is 2.67. The van der Waals surface area contributed by atoms with Crippen molar-refractivity contribution in [2.24, 2.45) is 17.8 Å². The molecule has 4 aliphatic rings. The lowest BCUT2D eigenvalue weighted by Crippen LogP contribution is -2.50. The van der Waals surface area contributed by atoms with E-state index in [9.17, 15) is 19.5 Å². The van der Waals surface area contributed by atoms with E-state index in [0.29, 0.717) is 43.2 Å². The summed E-state index contributed by atoms with van der Waals surface area (Å²) in [6.07, 6.45) is 7.87. The van der Waals surface area contributed by atoms with Crippen molar-refractivity contribution in [1.29, 1.82) is 0 Å². The number of rotatable bonds is 8. The van der Waals surface area contributed by atoms with E-state index in [4.69, 9.17) is 25.8 Å². The number of benzene rings is 2. The zero-order valence-electron chi connectivity index (χ0n) is 28.6. The normalized spacial score (nSPS) is 26.7. The molecule has 260 valence electrons. The third kappa shape index (κ3) is 7.47. The van der Waals surface area contributed by atoms with Crippen molar-refractivity contribution in [1.82, 2.24) is 4.90 Å². The van der Waals surface area contributed by atoms with Crippen LogP contribution in [0.25, 0.3) is 0 Å². The van der Waals surface area contributed by atoms with Gasteiger partial charge < -0.3 is 29.1 Å². The molecule has 0 bridgehead atoms. The summed E-state index contributed by atoms with van der Waals surface area (Å²) in [5, 5.41) is 10.2. The molecular formula is C38H49ClN2O7. The number of carbonyl (C=O) groups is 3. The number of carbonyl (C=O) groups excluding carboxylic acids is 2. The van der Waals surface area contributed by atoms with Crippen LogP contribution >= 0.6 is 11.6 Å². The molecule has 2 heterocycles. The van der Waals surface area contributed by atoms with E-state index in [-0.39, 0.29) is 23.2 Å². The SMILES string of the molecule is CN(CC[C@@H]1CCO[C@H]([C@@H]2CC[C@H]2CN2C[C@@]3(CCCc4cc(Cl)ccc43)COc3ccc(C(=O)C(=O)O)cc32)C1)C(=O)OC(C)(C)C. The van der Waals surface area contributed by atoms with Gasteiger partial charge in [0, 0.05) is 49.3 Å². The average molecular weight is 681 g/mol. The second-order valence-electron chi connectivity index (χ2n) is 15.4. The number of ketones is 1. The standard InChI is InChI=1S/C38H49ClN2O7/c1-37(2,3)48-36(45)40(4)16-13-24-14-17-46-33(18-24)29-10-7-27(29)21-41-22-38(15-5-6-25-19-28(39)9-11-30(25)38)23-47-32-12-8-26(20-31(32)41)34(42)35(43)44/h8-9,11-12,19-20,24,27,29,33H,5-7,10,13-18,21-23H2,1-4H3,(H,43,44)/t24-,27+,29-,33+,38+/m1/s1. The van der Waals surface area contributed by atoms with Crippen LogP contribution in [0.2, 0.25) is 5.02 Å². The number of aliphatic carboxylic acids is 1. The molecule has 5 atom stereocenters. The highest BCUT2D eigenvalue weighted by Crippen LogP contribution is 2.48. The van der Waals surface area contributed by atoms with Gasteiger partial charge in [-0.05, 0) is 131 Å². The fraction of sp³-hybridized carbons (Fsp3) is 0.605. The molecule has 48 heavy (non-hydrogen) atoms. The first-order valence-corrected chi connectivity index (χ1v) is 17.8. The topological polar surface area (TPSA) is 106 Å². The van der Waals surface area contributed by atoms with Gasteiger partial charge in [0.2, 0.25) is 0 Å². The maximum Gasteiger partial charge on any atom is 0.410 e. The maximum absolute atomic E-state index is 12.6. The summed E-state index contributed by atoms with van der Waals surface area (Å²) >= 11 is 6.42. The van der Waals surface area contributed by atoms with Crippen LogP contribution in [0.5, 0.6) is 5.75 Å². The predicted octanol–water partition coefficient (Wildman–Crippen LogP) is 7.16. The van der Waals surface area contributed by atoms with Crippen LogP contribution in [-0.4, -0.2) is 79.5 Å². The molecule has 9 nitrogen and oxygen atoms in total. The first-order valence-electron chi connectivity index (χ1n) is 17.5. The minimum atomic E-state index is -1.47. The number of hydrogen-bond donors (Lipinski definition) is 1. The molecule has 2 aromatic rings. The number of ether oxygens (including phenoxy) is 3. The lowest BCUT2D eigenvalue weighted by atomic mass is 9.67. The first kappa shape index (κ1) is 34.6. The average Bonchev–Trinajstić information content (AvgIpc) is 3.17. The summed E-state index contributed by atoms with van der Waals surface area (Å²) in [4.78, 5) is 40.7. The van der Waals surface area contributed by atoms with Crippen molar-refractivity contribution in [2.75, 3.05) is 44.8 Å². The molecular weight excluding hydrogens is 632 g/mol. The fourth-order valence-corrected chi connectivity index (χ4v) is 8.44. The number of nitrogens with zero attached hydrogens (tertiary/aromatic N) is 2. The van der Waals surface area contributed by atoms with Gasteiger partial charge >= 0.3 is 12.1 Å². The number of aryl methyl sites for hydroxylation is 1. The van der Waals surface area contributed by atoms with Gasteiger partial charge in [0.05, 0.1) is 18.4 Å². The van der Waals surface area contributed by atoms with Crippen LogP contribution in [0.1, 0.15) is 87.2 Å². The Morgan fingerprint density at radius 2 is 1.94 bits per heavy atom. The van der Waals surface area contributed by atoms with Gasteiger partial charge in [0.25, 0.3) is 5.78 Å². The summed E-state index contributed by atoms with van der Waals surface area (Å²) in [6, 6.07) is 11.2. The van der Waals surface area contributed by atoms with Crippen molar-refractivity contribution in [2.45, 2.75) is 89.3 Å². The summed E-state index contributed by atoms with van der Waals surface area (Å²) in [5.74, 6) is -0.454. The van der Waals surface area contributed by atoms with Gasteiger partial charge in [-0.2, -0.15) is 0 Å². The number of Topliss-reactive ketones (excluding diaryl/α,β-unsaturated/α-hetero) is 1. The zero-order chi connectivity index (χ0) is 34.2. The van der Waals surface area contributed by atoms with E-state index in [1.54, 1.807) is 30.1 Å². The smallest absolute Gasteiger partial charge is 0.410 e. The molecule has 2 aromatic carbocycles. The Kier molecular flexibility index (Phi) is 10.0. The molecule has 0 unspecified atom stereocenters. The largest absolute Gasteiger partial charge is 0.490 e. The Balaban J connectivity index is 1.20. The van der Waals surface area contributed by atoms with Crippen LogP contribution in [0, 0.1) is 17.8 Å². The quantitative estimate of drug-likeness (QED) is 0.231. The van der Waals surface area contributed by atoms with Crippen molar-refractivity contribution in [3.05, 3.63) is 58.1 Å². The van der Waals surface area contributed by atoms with Crippen molar-refractivity contribution >= 4 is 35.1 Å². The minimum Gasteiger partial charge on any atom is -0.490 e. The third-order valence-electron chi connectivity index (χ3n) is 10.9. The monoisotopic (exact) mass is 680 g/mol. The van der Waals surface area contributed by atoms with Crippen LogP contribution in [-0.2, 0) is 26.1 Å². The number of halogens is 1. The van der Waals surface area contributed by atoms with Gasteiger partial charge in [-0.25, -0.2) is 9.59 Å². The first-order chi connectivity index (χ1) is 22.8. The van der Waals surface area contributed by atoms with Gasteiger partial charge in [-0.3, -0.25) is 4.79 Å². The van der Waals surface area contributed by atoms with E-state index < -0.39 is 17.4 Å². The van der Waals surface area contributed by atoms with Crippen molar-refractivity contribution in [3.8, 4) is 5.75 Å². The molecule has 0 aromatic heterocycles. The van der Waals surface area contributed by atoms with Crippen LogP contribution in [0.15, 0.2) is 36.4 Å². The molecule has 2 fully saturated rings. The Hall–Kier alpha value is -3.30. The zero-order valence-corrected chi connectivity index (χ0v) is 29.4. The number of hydrogen-bond acceptors (Lipinski definition) is 7. The Bertz CT molecular complexity index is 1540. The van der Waals surface area contributed by atoms with E-state index in [1.807, 2.05) is 26.8 Å². The predicted molar refractivity (Wildman–Crippen MR) is 184 cm³/mol. The van der Waals surface area contributed by atoms with E-state index in [1.165, 1.54) is 11.1 Å². The molecule has 1 saturated carbocycles. The lowest BCUT2D eigenvalue weighted by molar-refractivity contribution is -0.131. The number of anilines is 1. The number of amides is 1. The second kappa shape index (κ2) is 13.9. The third-order valence-corrected chi connectivity index (χ3v) is 11.1. The van der Waals surface area contributed by atoms with Gasteiger partial charge in [-0.15, -0.1) is 0 Å². The van der Waals surface area contributed by atoms with E-state index in [0.717, 1.165) is 75.2 Å². The van der Waals surface area contributed by atoms with Crippen molar-refractivity contribution in [3.63, 3.8) is 0 Å². The van der Waals surface area contributed by atoms with Crippen LogP contribution in [0.3, 0.4) is 0 Å². The lowest BCUT2D eigenvalue weighted by Gasteiger charge is -2.48. The minimum absolute atomic E-state index is 0.154. The van der Waals surface area contributed by atoms with Gasteiger partial charge in [0.1, 0.15) is 11.4 Å². The van der Waals surface area contributed by atoms with Crippen LogP contribution < -0.4 is 9.64 Å². The number of fused-ring (bicyclic) bond motifs is 3. The van der Waals surface area contributed by atoms with Crippen molar-refractivity contribution < 1.29 is 33.7 Å². The summed E-state index contributed by atoms with van der Waals surface area (Å²) in [7, 11) is 1.80. The summed E-state index contributed by atoms with van der Waals surface area (Å²) in [6.45, 7) is 8.98. The molecule has 1 amide bonds. The molecule has 2 aliphatic heterocycles. The maximum atomic E-state index is 12.6. The molecule has 1 saturated heterocycles. The van der Waals surface area contributed by atoms with Crippen LogP contribution in [0.4, 0.5) is 10.5 Å². The Labute approximate surface area is 288 Å². The highest BCUT2D eigenvalue weighted by molar-refractivity contribution is 6.40. The number of carboxylic acids is 1. The highest BCUT2D eigenvalue weighted by Gasteiger charge is 2.45. The molecule has 1 N–H and O–H groups in total. The molecule has 1 spiro atoms. The van der Waals surface area contributed by atoms with E-state index >= 15 is 0 Å². The second-order valence-corrected chi connectivity index (χ2v) is 15.8. The molecule has 6 rings (SSSR count). The molecule has 2 aliphatic carbocycles. The van der Waals surface area contributed by atoms with Gasteiger partial charge in [-0.1, -0.05) is 17.7 Å². The molecule has 10 heteroatoms. The number of carboxylic acid groups (broad SMARTS) is 1. The highest BCUT2D eigenvalue weighted by atomic mass is 35.5. The Morgan fingerprint density at radius 1 is 1.12 bits per heavy atom. The summed E-state index contributed by atoms with van der Waals surface area (Å²) < 4.78 is 18.5. The van der Waals surface area contributed by atoms with Gasteiger partial charge in [0.15, 0.2) is 0 Å². The Morgan fingerprint density at radius 3 is 2.67 bits per heavy atom. The fourth-order valence-electron chi connectivity index (χ4n) is 8.24.